The highest BCUT2D eigenvalue weighted by Crippen LogP contribution is 2.32. The molecule has 23 heavy (non-hydrogen) atoms. The Bertz CT molecular complexity index is 642. The van der Waals surface area contributed by atoms with Gasteiger partial charge >= 0.3 is 0 Å². The van der Waals surface area contributed by atoms with Crippen LogP contribution >= 0.6 is 11.6 Å². The average molecular weight is 338 g/mol. The van der Waals surface area contributed by atoms with Crippen molar-refractivity contribution in [2.24, 2.45) is 11.8 Å². The van der Waals surface area contributed by atoms with Gasteiger partial charge in [0.2, 0.25) is 0 Å². The molecular weight excluding hydrogens is 320 g/mol. The van der Waals surface area contributed by atoms with Crippen LogP contribution in [0.25, 0.3) is 0 Å². The number of hydrogen-bond donors (Lipinski definition) is 0. The Morgan fingerprint density at radius 3 is 2.30 bits per heavy atom. The number of alkyl halides is 2. The van der Waals surface area contributed by atoms with E-state index in [9.17, 15) is 8.78 Å². The van der Waals surface area contributed by atoms with Crippen LogP contribution in [0.5, 0.6) is 0 Å². The lowest BCUT2D eigenvalue weighted by molar-refractivity contribution is 0.265. The Kier molecular flexibility index (Phi) is 5.06. The first-order chi connectivity index (χ1) is 11.2. The van der Waals surface area contributed by atoms with Gasteiger partial charge in [-0.3, -0.25) is 8.78 Å². The molecule has 1 aliphatic rings. The van der Waals surface area contributed by atoms with E-state index in [4.69, 9.17) is 11.6 Å². The van der Waals surface area contributed by atoms with Crippen LogP contribution in [0.15, 0.2) is 36.7 Å². The highest BCUT2D eigenvalue weighted by Gasteiger charge is 2.34. The fourth-order valence-corrected chi connectivity index (χ4v) is 3.26. The molecule has 2 atom stereocenters. The summed E-state index contributed by atoms with van der Waals surface area (Å²) in [5.74, 6) is 0.0971. The molecule has 2 heterocycles. The monoisotopic (exact) mass is 337 g/mol. The Morgan fingerprint density at radius 2 is 1.70 bits per heavy atom. The SMILES string of the molecule is FCC1CN(c2ncnc(Cl)c2Cc2ccccc2)CC1CF. The Balaban J connectivity index is 1.90. The number of rotatable bonds is 5. The number of aromatic nitrogens is 2. The van der Waals surface area contributed by atoms with E-state index in [0.717, 1.165) is 11.1 Å². The van der Waals surface area contributed by atoms with E-state index in [0.29, 0.717) is 30.5 Å². The van der Waals surface area contributed by atoms with Gasteiger partial charge < -0.3 is 4.90 Å². The summed E-state index contributed by atoms with van der Waals surface area (Å²) in [6.45, 7) is -0.115. The van der Waals surface area contributed by atoms with Crippen LogP contribution in [0.1, 0.15) is 11.1 Å². The lowest BCUT2D eigenvalue weighted by atomic mass is 9.99. The van der Waals surface area contributed by atoms with Crippen molar-refractivity contribution in [3.8, 4) is 0 Å². The highest BCUT2D eigenvalue weighted by molar-refractivity contribution is 6.30. The third-order valence-corrected chi connectivity index (χ3v) is 4.69. The van der Waals surface area contributed by atoms with Crippen LogP contribution in [-0.2, 0) is 6.42 Å². The molecule has 2 aromatic rings. The van der Waals surface area contributed by atoms with Gasteiger partial charge in [-0.05, 0) is 5.56 Å². The molecule has 0 aliphatic carbocycles. The van der Waals surface area contributed by atoms with E-state index in [1.807, 2.05) is 35.2 Å². The predicted octanol–water partition coefficient (Wildman–Crippen LogP) is 3.71. The van der Waals surface area contributed by atoms with E-state index in [-0.39, 0.29) is 11.8 Å². The first-order valence-corrected chi connectivity index (χ1v) is 8.01. The van der Waals surface area contributed by atoms with Crippen molar-refractivity contribution in [3.05, 3.63) is 52.9 Å². The first-order valence-electron chi connectivity index (χ1n) is 7.63. The van der Waals surface area contributed by atoms with Crippen molar-refractivity contribution in [2.75, 3.05) is 31.3 Å². The summed E-state index contributed by atoms with van der Waals surface area (Å²) in [5, 5.41) is 0.388. The van der Waals surface area contributed by atoms with E-state index < -0.39 is 13.3 Å². The standard InChI is InChI=1S/C17H18ClF2N3/c18-16-15(6-12-4-2-1-3-5-12)17(22-11-21-16)23-9-13(7-19)14(8-20)10-23/h1-5,11,13-14H,6-10H2. The summed E-state index contributed by atoms with van der Waals surface area (Å²) >= 11 is 6.27. The van der Waals surface area contributed by atoms with E-state index >= 15 is 0 Å². The molecule has 2 unspecified atom stereocenters. The summed E-state index contributed by atoms with van der Waals surface area (Å²) in [6, 6.07) is 9.88. The molecule has 6 heteroatoms. The molecule has 0 bridgehead atoms. The predicted molar refractivity (Wildman–Crippen MR) is 87.4 cm³/mol. The second-order valence-corrected chi connectivity index (χ2v) is 6.22. The molecule has 0 amide bonds. The lowest BCUT2D eigenvalue weighted by Crippen LogP contribution is -2.23. The van der Waals surface area contributed by atoms with Crippen molar-refractivity contribution in [1.29, 1.82) is 0 Å². The first kappa shape index (κ1) is 16.1. The van der Waals surface area contributed by atoms with Gasteiger partial charge in [0.15, 0.2) is 0 Å². The zero-order valence-electron chi connectivity index (χ0n) is 12.6. The summed E-state index contributed by atoms with van der Waals surface area (Å²) in [5.41, 5.74) is 1.89. The minimum Gasteiger partial charge on any atom is -0.355 e. The molecule has 1 saturated heterocycles. The van der Waals surface area contributed by atoms with Gasteiger partial charge in [-0.25, -0.2) is 9.97 Å². The van der Waals surface area contributed by atoms with Crippen LogP contribution in [0.3, 0.4) is 0 Å². The van der Waals surface area contributed by atoms with Gasteiger partial charge in [0.25, 0.3) is 0 Å². The molecule has 1 aromatic heterocycles. The molecule has 0 radical (unpaired) electrons. The van der Waals surface area contributed by atoms with Crippen LogP contribution in [-0.4, -0.2) is 36.4 Å². The van der Waals surface area contributed by atoms with Gasteiger partial charge in [0.1, 0.15) is 17.3 Å². The van der Waals surface area contributed by atoms with Crippen molar-refractivity contribution < 1.29 is 8.78 Å². The van der Waals surface area contributed by atoms with Crippen molar-refractivity contribution in [3.63, 3.8) is 0 Å². The third kappa shape index (κ3) is 3.44. The fourth-order valence-electron chi connectivity index (χ4n) is 3.07. The summed E-state index contributed by atoms with van der Waals surface area (Å²) in [7, 11) is 0. The van der Waals surface area contributed by atoms with Gasteiger partial charge in [-0.1, -0.05) is 41.9 Å². The van der Waals surface area contributed by atoms with Crippen LogP contribution in [0, 0.1) is 11.8 Å². The minimum absolute atomic E-state index is 0.293. The van der Waals surface area contributed by atoms with Crippen LogP contribution in [0.4, 0.5) is 14.6 Å². The molecular formula is C17H18ClF2N3. The Labute approximate surface area is 139 Å². The molecule has 1 aromatic carbocycles. The minimum atomic E-state index is -0.516. The second-order valence-electron chi connectivity index (χ2n) is 5.86. The van der Waals surface area contributed by atoms with Crippen LogP contribution < -0.4 is 4.90 Å². The number of nitrogens with zero attached hydrogens (tertiary/aromatic N) is 3. The average Bonchev–Trinajstić information content (AvgIpc) is 3.01. The zero-order valence-corrected chi connectivity index (χ0v) is 13.4. The molecule has 3 nitrogen and oxygen atoms in total. The van der Waals surface area contributed by atoms with Crippen LogP contribution in [0.2, 0.25) is 5.15 Å². The Hall–Kier alpha value is -1.75. The fraction of sp³-hybridized carbons (Fsp3) is 0.412. The molecule has 0 spiro atoms. The largest absolute Gasteiger partial charge is 0.355 e. The maximum absolute atomic E-state index is 13.1. The van der Waals surface area contributed by atoms with E-state index in [2.05, 4.69) is 9.97 Å². The quantitative estimate of drug-likeness (QED) is 0.779. The summed E-state index contributed by atoms with van der Waals surface area (Å²) < 4.78 is 26.2. The molecule has 3 rings (SSSR count). The molecule has 1 aliphatic heterocycles. The smallest absolute Gasteiger partial charge is 0.138 e. The van der Waals surface area contributed by atoms with Crippen molar-refractivity contribution in [2.45, 2.75) is 6.42 Å². The van der Waals surface area contributed by atoms with Gasteiger partial charge in [-0.15, -0.1) is 0 Å². The molecule has 1 fully saturated rings. The maximum Gasteiger partial charge on any atom is 0.138 e. The number of anilines is 1. The van der Waals surface area contributed by atoms with Gasteiger partial charge in [0, 0.05) is 36.9 Å². The van der Waals surface area contributed by atoms with E-state index in [1.54, 1.807) is 0 Å². The highest BCUT2D eigenvalue weighted by atomic mass is 35.5. The Morgan fingerprint density at radius 1 is 1.04 bits per heavy atom. The topological polar surface area (TPSA) is 29.0 Å². The number of halogens is 3. The van der Waals surface area contributed by atoms with Crippen molar-refractivity contribution in [1.82, 2.24) is 9.97 Å². The molecule has 0 N–H and O–H groups in total. The number of benzene rings is 1. The third-order valence-electron chi connectivity index (χ3n) is 4.37. The van der Waals surface area contributed by atoms with Gasteiger partial charge in [-0.2, -0.15) is 0 Å². The molecule has 122 valence electrons. The van der Waals surface area contributed by atoms with E-state index in [1.165, 1.54) is 6.33 Å². The second kappa shape index (κ2) is 7.21. The molecule has 0 saturated carbocycles. The van der Waals surface area contributed by atoms with Gasteiger partial charge in [0.05, 0.1) is 13.3 Å². The van der Waals surface area contributed by atoms with Crippen molar-refractivity contribution >= 4 is 17.4 Å². The summed E-state index contributed by atoms with van der Waals surface area (Å²) in [6.07, 6.45) is 1.99. The summed E-state index contributed by atoms with van der Waals surface area (Å²) in [4.78, 5) is 10.3. The zero-order chi connectivity index (χ0) is 16.2. The maximum atomic E-state index is 13.1. The number of hydrogen-bond acceptors (Lipinski definition) is 3. The normalized spacial score (nSPS) is 20.9. The lowest BCUT2D eigenvalue weighted by Gasteiger charge is -2.21.